The molecule has 0 atom stereocenters. The minimum absolute atomic E-state index is 0.169. The standard InChI is InChI=1S/C31H26N6O/c1-21-27(20-36(2)34-21)29-17-26(25-15-9-10-16-28(25)33-29)31(38)32-18-23-19-37(24-13-7-4-8-14-24)35-30(23)22-11-5-3-6-12-22/h3-17,19-20H,18H2,1-2H3,(H,32,38). The molecule has 0 saturated carbocycles. The zero-order valence-corrected chi connectivity index (χ0v) is 21.2. The first-order chi connectivity index (χ1) is 18.6. The molecule has 0 aliphatic carbocycles. The molecule has 3 heterocycles. The third kappa shape index (κ3) is 4.46. The van der Waals surface area contributed by atoms with Crippen LogP contribution in [0.1, 0.15) is 21.6 Å². The molecule has 0 aliphatic rings. The van der Waals surface area contributed by atoms with E-state index in [1.54, 1.807) is 4.68 Å². The quantitative estimate of drug-likeness (QED) is 0.318. The number of aromatic nitrogens is 5. The summed E-state index contributed by atoms with van der Waals surface area (Å²) in [7, 11) is 1.88. The third-order valence-corrected chi connectivity index (χ3v) is 6.55. The number of carbonyl (C=O) groups is 1. The van der Waals surface area contributed by atoms with Crippen LogP contribution in [-0.2, 0) is 13.6 Å². The van der Waals surface area contributed by atoms with Crippen molar-refractivity contribution < 1.29 is 4.79 Å². The maximum Gasteiger partial charge on any atom is 0.252 e. The molecule has 6 rings (SSSR count). The Balaban J connectivity index is 1.36. The molecule has 0 saturated heterocycles. The Kier molecular flexibility index (Phi) is 6.01. The van der Waals surface area contributed by atoms with Crippen molar-refractivity contribution in [1.82, 2.24) is 29.9 Å². The van der Waals surface area contributed by atoms with Gasteiger partial charge in [-0.05, 0) is 31.2 Å². The zero-order valence-electron chi connectivity index (χ0n) is 21.2. The molecule has 1 amide bonds. The number of aryl methyl sites for hydroxylation is 2. The summed E-state index contributed by atoms with van der Waals surface area (Å²) in [4.78, 5) is 18.5. The van der Waals surface area contributed by atoms with E-state index in [0.717, 1.165) is 50.4 Å². The summed E-state index contributed by atoms with van der Waals surface area (Å²) >= 11 is 0. The first-order valence-corrected chi connectivity index (χ1v) is 12.4. The van der Waals surface area contributed by atoms with E-state index in [2.05, 4.69) is 10.4 Å². The summed E-state index contributed by atoms with van der Waals surface area (Å²) < 4.78 is 3.62. The van der Waals surface area contributed by atoms with E-state index in [9.17, 15) is 4.79 Å². The second-order valence-corrected chi connectivity index (χ2v) is 9.21. The molecule has 0 fully saturated rings. The minimum atomic E-state index is -0.169. The molecule has 3 aromatic carbocycles. The SMILES string of the molecule is Cc1nn(C)cc1-c1cc(C(=O)NCc2cn(-c3ccccc3)nc2-c2ccccc2)c2ccccc2n1. The number of rotatable bonds is 6. The van der Waals surface area contributed by atoms with E-state index in [1.807, 2.05) is 122 Å². The molecule has 38 heavy (non-hydrogen) atoms. The van der Waals surface area contributed by atoms with Gasteiger partial charge >= 0.3 is 0 Å². The number of benzene rings is 3. The molecule has 0 spiro atoms. The second-order valence-electron chi connectivity index (χ2n) is 9.21. The number of nitrogens with zero attached hydrogens (tertiary/aromatic N) is 5. The summed E-state index contributed by atoms with van der Waals surface area (Å²) in [5, 5.41) is 13.3. The van der Waals surface area contributed by atoms with E-state index < -0.39 is 0 Å². The van der Waals surface area contributed by atoms with Gasteiger partial charge in [-0.3, -0.25) is 9.48 Å². The smallest absolute Gasteiger partial charge is 0.252 e. The monoisotopic (exact) mass is 498 g/mol. The lowest BCUT2D eigenvalue weighted by Gasteiger charge is -2.10. The van der Waals surface area contributed by atoms with Gasteiger partial charge < -0.3 is 5.32 Å². The van der Waals surface area contributed by atoms with Gasteiger partial charge in [0, 0.05) is 48.1 Å². The van der Waals surface area contributed by atoms with Gasteiger partial charge in [-0.1, -0.05) is 66.7 Å². The van der Waals surface area contributed by atoms with Gasteiger partial charge in [-0.2, -0.15) is 10.2 Å². The van der Waals surface area contributed by atoms with Crippen LogP contribution in [0, 0.1) is 6.92 Å². The summed E-state index contributed by atoms with van der Waals surface area (Å²) in [5.41, 5.74) is 7.54. The zero-order chi connectivity index (χ0) is 26.1. The molecule has 0 aliphatic heterocycles. The number of hydrogen-bond donors (Lipinski definition) is 1. The maximum absolute atomic E-state index is 13.6. The first-order valence-electron chi connectivity index (χ1n) is 12.4. The molecule has 0 unspecified atom stereocenters. The van der Waals surface area contributed by atoms with Crippen molar-refractivity contribution >= 4 is 16.8 Å². The molecule has 0 bridgehead atoms. The Bertz CT molecular complexity index is 1750. The number of nitrogens with one attached hydrogen (secondary N) is 1. The Labute approximate surface area is 220 Å². The van der Waals surface area contributed by atoms with E-state index >= 15 is 0 Å². The molecule has 0 radical (unpaired) electrons. The van der Waals surface area contributed by atoms with Gasteiger partial charge in [0.15, 0.2) is 0 Å². The van der Waals surface area contributed by atoms with E-state index in [-0.39, 0.29) is 5.91 Å². The van der Waals surface area contributed by atoms with Gasteiger partial charge in [0.05, 0.1) is 33.8 Å². The predicted molar refractivity (Wildman–Crippen MR) is 149 cm³/mol. The highest BCUT2D eigenvalue weighted by atomic mass is 16.1. The van der Waals surface area contributed by atoms with Crippen molar-refractivity contribution in [2.75, 3.05) is 0 Å². The van der Waals surface area contributed by atoms with Gasteiger partial charge in [-0.15, -0.1) is 0 Å². The Morgan fingerprint density at radius 1 is 0.868 bits per heavy atom. The number of amides is 1. The lowest BCUT2D eigenvalue weighted by atomic mass is 10.0. The van der Waals surface area contributed by atoms with Crippen LogP contribution in [0.15, 0.2) is 103 Å². The van der Waals surface area contributed by atoms with E-state index in [4.69, 9.17) is 10.1 Å². The fourth-order valence-corrected chi connectivity index (χ4v) is 4.71. The Morgan fingerprint density at radius 2 is 1.58 bits per heavy atom. The van der Waals surface area contributed by atoms with Crippen molar-refractivity contribution in [3.8, 4) is 28.2 Å². The molecule has 1 N–H and O–H groups in total. The number of carbonyl (C=O) groups excluding carboxylic acids is 1. The molecule has 3 aromatic heterocycles. The third-order valence-electron chi connectivity index (χ3n) is 6.55. The number of para-hydroxylation sites is 2. The first kappa shape index (κ1) is 23.4. The van der Waals surface area contributed by atoms with Crippen LogP contribution < -0.4 is 5.32 Å². The highest BCUT2D eigenvalue weighted by Gasteiger charge is 2.18. The van der Waals surface area contributed by atoms with Gasteiger partial charge in [0.1, 0.15) is 0 Å². The van der Waals surface area contributed by atoms with Crippen LogP contribution in [0.3, 0.4) is 0 Å². The Hall–Kier alpha value is -5.04. The van der Waals surface area contributed by atoms with Crippen LogP contribution in [0.4, 0.5) is 0 Å². The normalized spacial score (nSPS) is 11.1. The number of fused-ring (bicyclic) bond motifs is 1. The number of hydrogen-bond acceptors (Lipinski definition) is 4. The summed E-state index contributed by atoms with van der Waals surface area (Å²) in [5.74, 6) is -0.169. The lowest BCUT2D eigenvalue weighted by Crippen LogP contribution is -2.23. The average Bonchev–Trinajstić information content (AvgIpc) is 3.54. The van der Waals surface area contributed by atoms with Crippen molar-refractivity contribution in [2.24, 2.45) is 7.05 Å². The predicted octanol–water partition coefficient (Wildman–Crippen LogP) is 5.73. The molecular weight excluding hydrogens is 472 g/mol. The highest BCUT2D eigenvalue weighted by Crippen LogP contribution is 2.27. The van der Waals surface area contributed by atoms with Crippen molar-refractivity contribution in [3.63, 3.8) is 0 Å². The van der Waals surface area contributed by atoms with E-state index in [1.165, 1.54) is 0 Å². The van der Waals surface area contributed by atoms with E-state index in [0.29, 0.717) is 12.1 Å². The molecule has 7 heteroatoms. The van der Waals surface area contributed by atoms with Crippen molar-refractivity contribution in [1.29, 1.82) is 0 Å². The van der Waals surface area contributed by atoms with Crippen LogP contribution in [0.5, 0.6) is 0 Å². The topological polar surface area (TPSA) is 77.6 Å². The Morgan fingerprint density at radius 3 is 2.32 bits per heavy atom. The van der Waals surface area contributed by atoms with Gasteiger partial charge in [0.25, 0.3) is 5.91 Å². The molecular formula is C31H26N6O. The minimum Gasteiger partial charge on any atom is -0.348 e. The van der Waals surface area contributed by atoms with Crippen LogP contribution in [0.25, 0.3) is 39.1 Å². The second kappa shape index (κ2) is 9.78. The van der Waals surface area contributed by atoms with Gasteiger partial charge in [0.2, 0.25) is 0 Å². The highest BCUT2D eigenvalue weighted by molar-refractivity contribution is 6.07. The van der Waals surface area contributed by atoms with Gasteiger partial charge in [-0.25, -0.2) is 9.67 Å². The fourth-order valence-electron chi connectivity index (χ4n) is 4.71. The van der Waals surface area contributed by atoms with Crippen LogP contribution in [-0.4, -0.2) is 30.5 Å². The summed E-state index contributed by atoms with van der Waals surface area (Å²) in [6.07, 6.45) is 3.91. The summed E-state index contributed by atoms with van der Waals surface area (Å²) in [6.45, 7) is 2.27. The largest absolute Gasteiger partial charge is 0.348 e. The van der Waals surface area contributed by atoms with Crippen molar-refractivity contribution in [3.05, 3.63) is 120 Å². The molecule has 7 nitrogen and oxygen atoms in total. The van der Waals surface area contributed by atoms with Crippen molar-refractivity contribution in [2.45, 2.75) is 13.5 Å². The maximum atomic E-state index is 13.6. The fraction of sp³-hybridized carbons (Fsp3) is 0.0968. The number of pyridine rings is 1. The lowest BCUT2D eigenvalue weighted by molar-refractivity contribution is 0.0952. The average molecular weight is 499 g/mol. The molecule has 186 valence electrons. The van der Waals surface area contributed by atoms with Crippen LogP contribution >= 0.6 is 0 Å². The van der Waals surface area contributed by atoms with Crippen LogP contribution in [0.2, 0.25) is 0 Å². The molecule has 6 aromatic rings. The summed E-state index contributed by atoms with van der Waals surface area (Å²) in [6, 6.07) is 29.6.